The molecule has 0 aliphatic rings. The Kier molecular flexibility index (Phi) is 8.02. The van der Waals surface area contributed by atoms with Crippen molar-refractivity contribution in [3.8, 4) is 11.5 Å². The second-order valence-electron chi connectivity index (χ2n) is 5.83. The lowest BCUT2D eigenvalue weighted by Crippen LogP contribution is -2.03. The van der Waals surface area contributed by atoms with E-state index in [0.29, 0.717) is 6.61 Å². The molecular formula is C21H29NO2. The van der Waals surface area contributed by atoms with Crippen LogP contribution in [-0.4, -0.2) is 13.2 Å². The van der Waals surface area contributed by atoms with E-state index < -0.39 is 0 Å². The van der Waals surface area contributed by atoms with Gasteiger partial charge in [-0.1, -0.05) is 44.4 Å². The molecule has 3 heteroatoms. The second kappa shape index (κ2) is 10.6. The van der Waals surface area contributed by atoms with Crippen molar-refractivity contribution >= 4 is 5.69 Å². The number of anilines is 1. The molecule has 1 N–H and O–H groups in total. The number of unbranched alkanes of at least 4 members (excludes halogenated alkanes) is 3. The van der Waals surface area contributed by atoms with Crippen LogP contribution in [0.4, 0.5) is 5.69 Å². The van der Waals surface area contributed by atoms with E-state index >= 15 is 0 Å². The van der Waals surface area contributed by atoms with Crippen molar-refractivity contribution in [1.29, 1.82) is 0 Å². The first-order valence-corrected chi connectivity index (χ1v) is 9.01. The SMILES string of the molecule is CCCCCCOc1ccc(NCc2ccccc2OCC)cc1. The zero-order valence-electron chi connectivity index (χ0n) is 14.9. The molecule has 0 atom stereocenters. The van der Waals surface area contributed by atoms with E-state index in [9.17, 15) is 0 Å². The molecule has 0 spiro atoms. The van der Waals surface area contributed by atoms with E-state index in [1.54, 1.807) is 0 Å². The zero-order chi connectivity index (χ0) is 17.0. The Morgan fingerprint density at radius 3 is 2.38 bits per heavy atom. The predicted molar refractivity (Wildman–Crippen MR) is 101 cm³/mol. The van der Waals surface area contributed by atoms with Crippen LogP contribution in [0.3, 0.4) is 0 Å². The third-order valence-corrected chi connectivity index (χ3v) is 3.88. The molecule has 0 amide bonds. The van der Waals surface area contributed by atoms with Gasteiger partial charge in [-0.3, -0.25) is 0 Å². The van der Waals surface area contributed by atoms with Crippen molar-refractivity contribution in [2.24, 2.45) is 0 Å². The van der Waals surface area contributed by atoms with Gasteiger partial charge in [-0.2, -0.15) is 0 Å². The lowest BCUT2D eigenvalue weighted by Gasteiger charge is -2.12. The average Bonchev–Trinajstić information content (AvgIpc) is 2.62. The van der Waals surface area contributed by atoms with Crippen LogP contribution in [0, 0.1) is 0 Å². The smallest absolute Gasteiger partial charge is 0.124 e. The maximum Gasteiger partial charge on any atom is 0.124 e. The number of rotatable bonds is 11. The minimum absolute atomic E-state index is 0.682. The first kappa shape index (κ1) is 18.2. The summed E-state index contributed by atoms with van der Waals surface area (Å²) < 4.78 is 11.4. The number of benzene rings is 2. The Morgan fingerprint density at radius 1 is 0.833 bits per heavy atom. The number of ether oxygens (including phenoxy) is 2. The average molecular weight is 327 g/mol. The molecule has 0 fully saturated rings. The lowest BCUT2D eigenvalue weighted by molar-refractivity contribution is 0.305. The number of hydrogen-bond acceptors (Lipinski definition) is 3. The molecule has 0 heterocycles. The van der Waals surface area contributed by atoms with Crippen molar-refractivity contribution in [3.63, 3.8) is 0 Å². The molecule has 3 nitrogen and oxygen atoms in total. The van der Waals surface area contributed by atoms with Crippen LogP contribution in [-0.2, 0) is 6.54 Å². The van der Waals surface area contributed by atoms with Crippen molar-refractivity contribution in [1.82, 2.24) is 0 Å². The van der Waals surface area contributed by atoms with Crippen molar-refractivity contribution < 1.29 is 9.47 Å². The van der Waals surface area contributed by atoms with Gasteiger partial charge in [0.1, 0.15) is 11.5 Å². The molecule has 0 saturated carbocycles. The number of para-hydroxylation sites is 1. The van der Waals surface area contributed by atoms with Gasteiger partial charge in [0.2, 0.25) is 0 Å². The molecule has 0 saturated heterocycles. The fourth-order valence-corrected chi connectivity index (χ4v) is 2.53. The quantitative estimate of drug-likeness (QED) is 0.540. The third kappa shape index (κ3) is 6.15. The monoisotopic (exact) mass is 327 g/mol. The summed E-state index contributed by atoms with van der Waals surface area (Å²) in [7, 11) is 0. The van der Waals surface area contributed by atoms with Gasteiger partial charge in [0.05, 0.1) is 13.2 Å². The van der Waals surface area contributed by atoms with Crippen molar-refractivity contribution in [3.05, 3.63) is 54.1 Å². The van der Waals surface area contributed by atoms with E-state index in [-0.39, 0.29) is 0 Å². The summed E-state index contributed by atoms with van der Waals surface area (Å²) in [5, 5.41) is 3.44. The largest absolute Gasteiger partial charge is 0.494 e. The highest BCUT2D eigenvalue weighted by Gasteiger charge is 2.02. The summed E-state index contributed by atoms with van der Waals surface area (Å²) in [6, 6.07) is 16.3. The van der Waals surface area contributed by atoms with Crippen LogP contribution in [0.2, 0.25) is 0 Å². The molecule has 130 valence electrons. The van der Waals surface area contributed by atoms with E-state index in [1.165, 1.54) is 19.3 Å². The first-order chi connectivity index (χ1) is 11.8. The van der Waals surface area contributed by atoms with Crippen molar-refractivity contribution in [2.75, 3.05) is 18.5 Å². The predicted octanol–water partition coefficient (Wildman–Crippen LogP) is 5.66. The fraction of sp³-hybridized carbons (Fsp3) is 0.429. The lowest BCUT2D eigenvalue weighted by atomic mass is 10.2. The topological polar surface area (TPSA) is 30.5 Å². The molecule has 0 bridgehead atoms. The fourth-order valence-electron chi connectivity index (χ4n) is 2.53. The van der Waals surface area contributed by atoms with Gasteiger partial charge >= 0.3 is 0 Å². The summed E-state index contributed by atoms with van der Waals surface area (Å²) in [5.74, 6) is 1.88. The van der Waals surface area contributed by atoms with Crippen LogP contribution < -0.4 is 14.8 Å². The van der Waals surface area contributed by atoms with Crippen LogP contribution >= 0.6 is 0 Å². The standard InChI is InChI=1S/C21H29NO2/c1-3-5-6-9-16-24-20-14-12-19(13-15-20)22-17-18-10-7-8-11-21(18)23-4-2/h7-8,10-15,22H,3-6,9,16-17H2,1-2H3. The molecular weight excluding hydrogens is 298 g/mol. The molecule has 2 aromatic carbocycles. The van der Waals surface area contributed by atoms with E-state index in [2.05, 4.69) is 30.4 Å². The highest BCUT2D eigenvalue weighted by Crippen LogP contribution is 2.21. The summed E-state index contributed by atoms with van der Waals surface area (Å²) in [6.07, 6.45) is 4.92. The molecule has 0 aromatic heterocycles. The maximum absolute atomic E-state index is 5.77. The Labute approximate surface area is 146 Å². The van der Waals surface area contributed by atoms with Gasteiger partial charge in [0.25, 0.3) is 0 Å². The molecule has 2 aromatic rings. The van der Waals surface area contributed by atoms with Gasteiger partial charge in [-0.25, -0.2) is 0 Å². The molecule has 2 rings (SSSR count). The molecule has 24 heavy (non-hydrogen) atoms. The molecule has 0 aliphatic carbocycles. The van der Waals surface area contributed by atoms with E-state index in [1.807, 2.05) is 37.3 Å². The van der Waals surface area contributed by atoms with Crippen molar-refractivity contribution in [2.45, 2.75) is 46.1 Å². The Bertz CT molecular complexity index is 581. The second-order valence-corrected chi connectivity index (χ2v) is 5.83. The van der Waals surface area contributed by atoms with Crippen LogP contribution in [0.1, 0.15) is 45.1 Å². The van der Waals surface area contributed by atoms with Crippen LogP contribution in [0.5, 0.6) is 11.5 Å². The van der Waals surface area contributed by atoms with Crippen LogP contribution in [0.25, 0.3) is 0 Å². The minimum Gasteiger partial charge on any atom is -0.494 e. The summed E-state index contributed by atoms with van der Waals surface area (Å²) >= 11 is 0. The zero-order valence-corrected chi connectivity index (χ0v) is 14.9. The Hall–Kier alpha value is -2.16. The van der Waals surface area contributed by atoms with Gasteiger partial charge in [0, 0.05) is 17.8 Å². The molecule has 0 radical (unpaired) electrons. The van der Waals surface area contributed by atoms with Gasteiger partial charge in [-0.15, -0.1) is 0 Å². The first-order valence-electron chi connectivity index (χ1n) is 9.01. The van der Waals surface area contributed by atoms with E-state index in [4.69, 9.17) is 9.47 Å². The Morgan fingerprint density at radius 2 is 1.62 bits per heavy atom. The third-order valence-electron chi connectivity index (χ3n) is 3.88. The number of hydrogen-bond donors (Lipinski definition) is 1. The minimum atomic E-state index is 0.682. The highest BCUT2D eigenvalue weighted by atomic mass is 16.5. The molecule has 0 aliphatic heterocycles. The van der Waals surface area contributed by atoms with E-state index in [0.717, 1.165) is 42.3 Å². The summed E-state index contributed by atoms with van der Waals surface area (Å²) in [4.78, 5) is 0. The molecule has 0 unspecified atom stereocenters. The van der Waals surface area contributed by atoms with Crippen LogP contribution in [0.15, 0.2) is 48.5 Å². The number of nitrogens with one attached hydrogen (secondary N) is 1. The van der Waals surface area contributed by atoms with Gasteiger partial charge in [0.15, 0.2) is 0 Å². The van der Waals surface area contributed by atoms with Gasteiger partial charge in [-0.05, 0) is 43.7 Å². The maximum atomic E-state index is 5.77. The Balaban J connectivity index is 1.79. The summed E-state index contributed by atoms with van der Waals surface area (Å²) in [5.41, 5.74) is 2.25. The normalized spacial score (nSPS) is 10.4. The highest BCUT2D eigenvalue weighted by molar-refractivity contribution is 5.47. The summed E-state index contributed by atoms with van der Waals surface area (Å²) in [6.45, 7) is 6.45. The van der Waals surface area contributed by atoms with Gasteiger partial charge < -0.3 is 14.8 Å².